The fourth-order valence-corrected chi connectivity index (χ4v) is 4.12. The van der Waals surface area contributed by atoms with Crippen molar-refractivity contribution in [2.75, 3.05) is 6.26 Å². The molecule has 2 atom stereocenters. The van der Waals surface area contributed by atoms with Crippen LogP contribution in [-0.2, 0) is 16.4 Å². The molecule has 3 nitrogen and oxygen atoms in total. The zero-order chi connectivity index (χ0) is 13.9. The van der Waals surface area contributed by atoms with E-state index < -0.39 is 9.84 Å². The van der Waals surface area contributed by atoms with Gasteiger partial charge in [0.15, 0.2) is 9.84 Å². The fraction of sp³-hybridized carbons (Fsp3) is 0.571. The second kappa shape index (κ2) is 6.01. The Labute approximate surface area is 114 Å². The normalized spacial score (nSPS) is 24.3. The number of hydrogen-bond acceptors (Lipinski definition) is 3. The van der Waals surface area contributed by atoms with Crippen molar-refractivity contribution >= 4 is 9.84 Å². The predicted octanol–water partition coefficient (Wildman–Crippen LogP) is 2.27. The topological polar surface area (TPSA) is 46.2 Å². The molecule has 0 unspecified atom stereocenters. The quantitative estimate of drug-likeness (QED) is 0.923. The van der Waals surface area contributed by atoms with Gasteiger partial charge in [-0.15, -0.1) is 0 Å². The highest BCUT2D eigenvalue weighted by atomic mass is 32.2. The van der Waals surface area contributed by atoms with Crippen LogP contribution in [0.2, 0.25) is 0 Å². The number of hydrogen-bond donors (Lipinski definition) is 1. The molecule has 0 bridgehead atoms. The van der Waals surface area contributed by atoms with Gasteiger partial charge in [-0.1, -0.05) is 25.0 Å². The van der Waals surface area contributed by atoms with Gasteiger partial charge >= 0.3 is 0 Å². The van der Waals surface area contributed by atoms with Gasteiger partial charge in [-0.25, -0.2) is 12.8 Å². The smallest absolute Gasteiger partial charge is 0.151 e. The van der Waals surface area contributed by atoms with E-state index in [1.165, 1.54) is 18.4 Å². The van der Waals surface area contributed by atoms with Crippen molar-refractivity contribution in [3.05, 3.63) is 35.6 Å². The highest BCUT2D eigenvalue weighted by Crippen LogP contribution is 2.24. The van der Waals surface area contributed by atoms with E-state index in [-0.39, 0.29) is 17.1 Å². The average Bonchev–Trinajstić information content (AvgIpc) is 2.37. The second-order valence-electron chi connectivity index (χ2n) is 5.27. The number of benzene rings is 1. The molecule has 0 spiro atoms. The first kappa shape index (κ1) is 14.5. The molecule has 0 aliphatic heterocycles. The molecule has 1 aromatic carbocycles. The molecule has 1 aromatic rings. The first-order valence-electron chi connectivity index (χ1n) is 6.63. The van der Waals surface area contributed by atoms with Crippen LogP contribution in [0.25, 0.3) is 0 Å². The second-order valence-corrected chi connectivity index (χ2v) is 7.53. The maximum Gasteiger partial charge on any atom is 0.151 e. The highest BCUT2D eigenvalue weighted by molar-refractivity contribution is 7.91. The maximum atomic E-state index is 12.8. The summed E-state index contributed by atoms with van der Waals surface area (Å²) in [7, 11) is -3.01. The van der Waals surface area contributed by atoms with E-state index in [4.69, 9.17) is 0 Å². The largest absolute Gasteiger partial charge is 0.309 e. The van der Waals surface area contributed by atoms with Crippen LogP contribution in [0.5, 0.6) is 0 Å². The van der Waals surface area contributed by atoms with Gasteiger partial charge in [0, 0.05) is 18.8 Å². The highest BCUT2D eigenvalue weighted by Gasteiger charge is 2.32. The molecule has 1 aliphatic carbocycles. The van der Waals surface area contributed by atoms with Crippen molar-refractivity contribution in [2.45, 2.75) is 43.5 Å². The molecule has 0 radical (unpaired) electrons. The number of rotatable bonds is 4. The molecule has 1 fully saturated rings. The summed E-state index contributed by atoms with van der Waals surface area (Å²) in [5, 5.41) is 3.02. The third-order valence-corrected chi connectivity index (χ3v) is 5.40. The minimum absolute atomic E-state index is 0.00815. The Morgan fingerprint density at radius 2 is 1.84 bits per heavy atom. The fourth-order valence-electron chi connectivity index (χ4n) is 2.69. The van der Waals surface area contributed by atoms with E-state index in [2.05, 4.69) is 5.32 Å². The van der Waals surface area contributed by atoms with Crippen LogP contribution in [-0.4, -0.2) is 26.0 Å². The number of sulfone groups is 1. The van der Waals surface area contributed by atoms with E-state index in [1.807, 2.05) is 0 Å². The Bertz CT molecular complexity index is 513. The van der Waals surface area contributed by atoms with Crippen molar-refractivity contribution < 1.29 is 12.8 Å². The van der Waals surface area contributed by atoms with E-state index >= 15 is 0 Å². The van der Waals surface area contributed by atoms with Crippen LogP contribution in [0.15, 0.2) is 24.3 Å². The summed E-state index contributed by atoms with van der Waals surface area (Å²) < 4.78 is 36.3. The summed E-state index contributed by atoms with van der Waals surface area (Å²) in [6.07, 6.45) is 4.98. The van der Waals surface area contributed by atoms with E-state index in [1.54, 1.807) is 12.1 Å². The minimum Gasteiger partial charge on any atom is -0.309 e. The Hall–Kier alpha value is -0.940. The van der Waals surface area contributed by atoms with Gasteiger partial charge in [-0.3, -0.25) is 0 Å². The zero-order valence-corrected chi connectivity index (χ0v) is 11.9. The lowest BCUT2D eigenvalue weighted by Crippen LogP contribution is -2.45. The third-order valence-electron chi connectivity index (χ3n) is 3.73. The monoisotopic (exact) mass is 285 g/mol. The first-order chi connectivity index (χ1) is 8.97. The summed E-state index contributed by atoms with van der Waals surface area (Å²) in [4.78, 5) is 0. The lowest BCUT2D eigenvalue weighted by Gasteiger charge is -2.31. The van der Waals surface area contributed by atoms with Crippen LogP contribution in [0.3, 0.4) is 0 Å². The summed E-state index contributed by atoms with van der Waals surface area (Å²) in [5.74, 6) is -0.254. The average molecular weight is 285 g/mol. The van der Waals surface area contributed by atoms with Crippen LogP contribution in [0.1, 0.15) is 31.2 Å². The Kier molecular flexibility index (Phi) is 4.58. The lowest BCUT2D eigenvalue weighted by molar-refractivity contribution is 0.370. The number of halogens is 1. The van der Waals surface area contributed by atoms with Crippen LogP contribution in [0, 0.1) is 5.82 Å². The van der Waals surface area contributed by atoms with Gasteiger partial charge < -0.3 is 5.32 Å². The molecule has 1 aliphatic rings. The molecule has 0 saturated heterocycles. The number of nitrogens with one attached hydrogen (secondary N) is 1. The Balaban J connectivity index is 1.98. The summed E-state index contributed by atoms with van der Waals surface area (Å²) >= 11 is 0. The molecule has 19 heavy (non-hydrogen) atoms. The standard InChI is InChI=1S/C14H20FNO2S/c1-19(17,18)14-5-3-2-4-13(14)16-10-11-6-8-12(15)9-7-11/h6-9,13-14,16H,2-5,10H2,1H3/t13-,14-/m0/s1. The van der Waals surface area contributed by atoms with Crippen molar-refractivity contribution in [3.63, 3.8) is 0 Å². The van der Waals surface area contributed by atoms with Gasteiger partial charge in [-0.2, -0.15) is 0 Å². The zero-order valence-electron chi connectivity index (χ0n) is 11.1. The molecular formula is C14H20FNO2S. The van der Waals surface area contributed by atoms with Crippen molar-refractivity contribution in [1.29, 1.82) is 0 Å². The third kappa shape index (κ3) is 4.01. The SMILES string of the molecule is CS(=O)(=O)[C@H]1CCCC[C@@H]1NCc1ccc(F)cc1. The Morgan fingerprint density at radius 3 is 2.47 bits per heavy atom. The Morgan fingerprint density at radius 1 is 1.21 bits per heavy atom. The van der Waals surface area contributed by atoms with Crippen LogP contribution in [0.4, 0.5) is 4.39 Å². The molecule has 0 aromatic heterocycles. The van der Waals surface area contributed by atoms with Gasteiger partial charge in [0.1, 0.15) is 5.82 Å². The molecule has 5 heteroatoms. The van der Waals surface area contributed by atoms with Crippen LogP contribution >= 0.6 is 0 Å². The van der Waals surface area contributed by atoms with Gasteiger partial charge in [0.2, 0.25) is 0 Å². The summed E-state index contributed by atoms with van der Waals surface area (Å²) in [6.45, 7) is 0.580. The van der Waals surface area contributed by atoms with Crippen LogP contribution < -0.4 is 5.32 Å². The molecule has 0 heterocycles. The van der Waals surface area contributed by atoms with Crippen molar-refractivity contribution in [1.82, 2.24) is 5.32 Å². The molecule has 1 N–H and O–H groups in total. The molecule has 0 amide bonds. The molecule has 1 saturated carbocycles. The maximum absolute atomic E-state index is 12.8. The van der Waals surface area contributed by atoms with Crippen molar-refractivity contribution in [3.8, 4) is 0 Å². The van der Waals surface area contributed by atoms with E-state index in [0.717, 1.165) is 31.2 Å². The summed E-state index contributed by atoms with van der Waals surface area (Å²) in [5.41, 5.74) is 0.972. The minimum atomic E-state index is -3.01. The van der Waals surface area contributed by atoms with Gasteiger partial charge in [-0.05, 0) is 30.5 Å². The predicted molar refractivity (Wildman–Crippen MR) is 74.1 cm³/mol. The van der Waals surface area contributed by atoms with E-state index in [0.29, 0.717) is 6.54 Å². The van der Waals surface area contributed by atoms with Gasteiger partial charge in [0.05, 0.1) is 5.25 Å². The molecule has 2 rings (SSSR count). The molecule has 106 valence electrons. The van der Waals surface area contributed by atoms with Crippen molar-refractivity contribution in [2.24, 2.45) is 0 Å². The molecular weight excluding hydrogens is 265 g/mol. The summed E-state index contributed by atoms with van der Waals surface area (Å²) in [6, 6.07) is 6.30. The first-order valence-corrected chi connectivity index (χ1v) is 8.59. The lowest BCUT2D eigenvalue weighted by atomic mass is 9.94. The van der Waals surface area contributed by atoms with E-state index in [9.17, 15) is 12.8 Å². The van der Waals surface area contributed by atoms with Gasteiger partial charge in [0.25, 0.3) is 0 Å².